The summed E-state index contributed by atoms with van der Waals surface area (Å²) in [5.74, 6) is 0.510. The molecule has 1 aliphatic carbocycles. The van der Waals surface area contributed by atoms with E-state index in [1.165, 1.54) is 0 Å². The van der Waals surface area contributed by atoms with Crippen molar-refractivity contribution in [3.05, 3.63) is 65.1 Å². The van der Waals surface area contributed by atoms with Gasteiger partial charge in [-0.3, -0.25) is 14.9 Å². The molecule has 196 valence electrons. The lowest BCUT2D eigenvalue weighted by Crippen LogP contribution is -2.34. The number of aromatic nitrogens is 5. The van der Waals surface area contributed by atoms with Gasteiger partial charge in [-0.15, -0.1) is 0 Å². The van der Waals surface area contributed by atoms with Gasteiger partial charge in [0, 0.05) is 23.4 Å². The van der Waals surface area contributed by atoms with Crippen LogP contribution in [0.25, 0.3) is 22.4 Å². The number of aryl methyl sites for hydroxylation is 1. The number of H-pyrrole nitrogens is 1. The minimum absolute atomic E-state index is 0.0615. The molecule has 1 aliphatic heterocycles. The number of fused-ring (bicyclic) bond motifs is 3. The van der Waals surface area contributed by atoms with E-state index >= 15 is 0 Å². The second-order valence-electron chi connectivity index (χ2n) is 10.9. The number of hydrogen-bond acceptors (Lipinski definition) is 6. The zero-order valence-corrected chi connectivity index (χ0v) is 22.3. The topological polar surface area (TPSA) is 97.5 Å². The highest BCUT2D eigenvalue weighted by atomic mass is 16.5. The number of aliphatic imine (C=N–C) groups is 1. The van der Waals surface area contributed by atoms with E-state index in [-0.39, 0.29) is 17.3 Å². The summed E-state index contributed by atoms with van der Waals surface area (Å²) in [5, 5.41) is 13.5. The van der Waals surface area contributed by atoms with E-state index in [0.717, 1.165) is 83.4 Å². The van der Waals surface area contributed by atoms with Gasteiger partial charge in [0.1, 0.15) is 0 Å². The first-order valence-corrected chi connectivity index (χ1v) is 13.6. The Morgan fingerprint density at radius 2 is 1.97 bits per heavy atom. The minimum Gasteiger partial charge on any atom is -0.466 e. The molecule has 4 heterocycles. The van der Waals surface area contributed by atoms with Crippen molar-refractivity contribution >= 4 is 34.6 Å². The molecule has 8 heteroatoms. The first-order valence-electron chi connectivity index (χ1n) is 13.6. The first-order chi connectivity index (χ1) is 18.5. The molecule has 1 N–H and O–H groups in total. The van der Waals surface area contributed by atoms with Crippen LogP contribution in [0.1, 0.15) is 74.4 Å². The number of hydrogen-bond donors (Lipinski definition) is 1. The van der Waals surface area contributed by atoms with Gasteiger partial charge < -0.3 is 4.74 Å². The zero-order chi connectivity index (χ0) is 26.3. The highest BCUT2D eigenvalue weighted by Crippen LogP contribution is 2.41. The quantitative estimate of drug-likeness (QED) is 0.330. The molecule has 4 aromatic rings. The van der Waals surface area contributed by atoms with Gasteiger partial charge in [-0.25, -0.2) is 4.98 Å². The van der Waals surface area contributed by atoms with E-state index in [1.807, 2.05) is 55.9 Å². The zero-order valence-electron chi connectivity index (χ0n) is 22.3. The number of nitrogens with one attached hydrogen (secondary N) is 1. The molecule has 0 radical (unpaired) electrons. The normalized spacial score (nSPS) is 23.6. The monoisotopic (exact) mass is 510 g/mol. The van der Waals surface area contributed by atoms with Crippen LogP contribution in [0.3, 0.4) is 0 Å². The lowest BCUT2D eigenvalue weighted by atomic mass is 9.70. The summed E-state index contributed by atoms with van der Waals surface area (Å²) in [4.78, 5) is 22.5. The van der Waals surface area contributed by atoms with Gasteiger partial charge in [0.05, 0.1) is 35.0 Å². The number of allylic oxidation sites excluding steroid dienone is 1. The minimum atomic E-state index is -0.379. The van der Waals surface area contributed by atoms with Crippen molar-refractivity contribution in [1.29, 1.82) is 0 Å². The first kappa shape index (κ1) is 24.5. The molecule has 1 aromatic carbocycles. The lowest BCUT2D eigenvalue weighted by Gasteiger charge is -2.35. The van der Waals surface area contributed by atoms with Crippen molar-refractivity contribution < 1.29 is 9.53 Å². The maximum Gasteiger partial charge on any atom is 0.311 e. The van der Waals surface area contributed by atoms with Crippen molar-refractivity contribution in [2.45, 2.75) is 65.2 Å². The summed E-state index contributed by atoms with van der Waals surface area (Å²) in [6, 6.07) is 10.3. The molecule has 8 nitrogen and oxygen atoms in total. The molecule has 2 aliphatic rings. The van der Waals surface area contributed by atoms with Crippen molar-refractivity contribution in [2.75, 3.05) is 6.61 Å². The highest BCUT2D eigenvalue weighted by molar-refractivity contribution is 5.86. The predicted molar refractivity (Wildman–Crippen MR) is 148 cm³/mol. The molecular formula is C30H34N6O2. The Bertz CT molecular complexity index is 1540. The second kappa shape index (κ2) is 9.82. The van der Waals surface area contributed by atoms with E-state index in [4.69, 9.17) is 19.8 Å². The maximum absolute atomic E-state index is 12.5. The van der Waals surface area contributed by atoms with Crippen LogP contribution in [0.15, 0.2) is 47.6 Å². The SMILES string of the molecule is CCOC(=O)C1(C)CCC(Cc2nc3c(C4C=NC(c5ccccc5)=CC4)cnn3c3n[nH]c(C)c23)CC1. The molecule has 1 unspecified atom stereocenters. The molecule has 38 heavy (non-hydrogen) atoms. The Kier molecular flexibility index (Phi) is 6.33. The van der Waals surface area contributed by atoms with Crippen LogP contribution in [-0.2, 0) is 16.0 Å². The number of nitrogens with zero attached hydrogens (tertiary/aromatic N) is 5. The van der Waals surface area contributed by atoms with Gasteiger partial charge in [0.2, 0.25) is 0 Å². The van der Waals surface area contributed by atoms with Crippen LogP contribution in [0.4, 0.5) is 0 Å². The largest absolute Gasteiger partial charge is 0.466 e. The number of carbonyl (C=O) groups excluding carboxylic acids is 1. The van der Waals surface area contributed by atoms with Crippen molar-refractivity contribution in [3.63, 3.8) is 0 Å². The number of rotatable bonds is 6. The van der Waals surface area contributed by atoms with E-state index < -0.39 is 0 Å². The van der Waals surface area contributed by atoms with Crippen LogP contribution >= 0.6 is 0 Å². The standard InChI is InChI=1S/C30H34N6O2/c1-4-38-29(37)30(3)14-12-20(13-15-30)16-25-26-19(2)34-35-28(26)36-27(33-25)23(18-32-36)22-10-11-24(31-17-22)21-8-6-5-7-9-21/h5-9,11,17-18,20,22H,4,10,12-16H2,1-3H3,(H,34,35). The van der Waals surface area contributed by atoms with Crippen molar-refractivity contribution in [2.24, 2.45) is 16.3 Å². The fraction of sp³-hybridized carbons (Fsp3) is 0.433. The molecule has 0 amide bonds. The number of aromatic amines is 1. The predicted octanol–water partition coefficient (Wildman–Crippen LogP) is 5.82. The van der Waals surface area contributed by atoms with Crippen LogP contribution in [-0.4, -0.2) is 43.6 Å². The Balaban J connectivity index is 1.28. The second-order valence-corrected chi connectivity index (χ2v) is 10.9. The molecule has 1 saturated carbocycles. The van der Waals surface area contributed by atoms with Crippen LogP contribution in [0, 0.1) is 18.3 Å². The fourth-order valence-electron chi connectivity index (χ4n) is 5.96. The summed E-state index contributed by atoms with van der Waals surface area (Å²) < 4.78 is 7.22. The lowest BCUT2D eigenvalue weighted by molar-refractivity contribution is -0.156. The van der Waals surface area contributed by atoms with Crippen molar-refractivity contribution in [1.82, 2.24) is 24.8 Å². The Hall–Kier alpha value is -3.81. The number of benzene rings is 1. The molecule has 0 bridgehead atoms. The number of esters is 1. The third-order valence-electron chi connectivity index (χ3n) is 8.32. The van der Waals surface area contributed by atoms with E-state index in [9.17, 15) is 4.79 Å². The highest BCUT2D eigenvalue weighted by Gasteiger charge is 2.39. The molecule has 1 atom stereocenters. The van der Waals surface area contributed by atoms with Gasteiger partial charge in [-0.1, -0.05) is 36.4 Å². The van der Waals surface area contributed by atoms with E-state index in [1.54, 1.807) is 0 Å². The summed E-state index contributed by atoms with van der Waals surface area (Å²) >= 11 is 0. The summed E-state index contributed by atoms with van der Waals surface area (Å²) in [6.45, 7) is 6.39. The van der Waals surface area contributed by atoms with Crippen LogP contribution in [0.2, 0.25) is 0 Å². The number of carbonyl (C=O) groups is 1. The maximum atomic E-state index is 12.5. The van der Waals surface area contributed by atoms with E-state index in [0.29, 0.717) is 12.5 Å². The van der Waals surface area contributed by atoms with Gasteiger partial charge in [0.25, 0.3) is 0 Å². The Morgan fingerprint density at radius 1 is 1.18 bits per heavy atom. The fourth-order valence-corrected chi connectivity index (χ4v) is 5.96. The third kappa shape index (κ3) is 4.31. The summed E-state index contributed by atoms with van der Waals surface area (Å²) in [7, 11) is 0. The number of ether oxygens (including phenoxy) is 1. The summed E-state index contributed by atoms with van der Waals surface area (Å²) in [5.41, 5.74) is 6.54. The van der Waals surface area contributed by atoms with Gasteiger partial charge in [-0.2, -0.15) is 14.7 Å². The van der Waals surface area contributed by atoms with Crippen LogP contribution in [0.5, 0.6) is 0 Å². The van der Waals surface area contributed by atoms with Crippen molar-refractivity contribution in [3.8, 4) is 0 Å². The molecule has 3 aromatic heterocycles. The smallest absolute Gasteiger partial charge is 0.311 e. The Labute approximate surface area is 222 Å². The van der Waals surface area contributed by atoms with E-state index in [2.05, 4.69) is 28.4 Å². The average Bonchev–Trinajstić information content (AvgIpc) is 3.55. The molecule has 1 fully saturated rings. The molecular weight excluding hydrogens is 476 g/mol. The summed E-state index contributed by atoms with van der Waals surface area (Å²) in [6.07, 6.45) is 11.5. The molecule has 0 saturated heterocycles. The van der Waals surface area contributed by atoms with Gasteiger partial charge in [-0.05, 0) is 70.8 Å². The molecule has 6 rings (SSSR count). The molecule has 0 spiro atoms. The Morgan fingerprint density at radius 3 is 2.68 bits per heavy atom. The van der Waals surface area contributed by atoms with Gasteiger partial charge >= 0.3 is 5.97 Å². The van der Waals surface area contributed by atoms with Crippen LogP contribution < -0.4 is 0 Å². The van der Waals surface area contributed by atoms with Gasteiger partial charge in [0.15, 0.2) is 11.3 Å². The third-order valence-corrected chi connectivity index (χ3v) is 8.32. The average molecular weight is 511 g/mol.